The summed E-state index contributed by atoms with van der Waals surface area (Å²) in [7, 11) is 1.71. The van der Waals surface area contributed by atoms with Gasteiger partial charge in [0.25, 0.3) is 0 Å². The quantitative estimate of drug-likeness (QED) is 0.645. The molecule has 0 spiro atoms. The van der Waals surface area contributed by atoms with E-state index in [1.165, 1.54) is 0 Å². The van der Waals surface area contributed by atoms with E-state index in [1.54, 1.807) is 13.1 Å². The first-order chi connectivity index (χ1) is 8.54. The Labute approximate surface area is 110 Å². The maximum atomic E-state index is 5.63. The molecule has 18 heavy (non-hydrogen) atoms. The predicted molar refractivity (Wildman–Crippen MR) is 80.4 cm³/mol. The van der Waals surface area contributed by atoms with Gasteiger partial charge < -0.3 is 5.73 Å². The molecule has 0 amide bonds. The van der Waals surface area contributed by atoms with Crippen molar-refractivity contribution in [2.24, 2.45) is 15.9 Å². The van der Waals surface area contributed by atoms with Crippen LogP contribution in [0.1, 0.15) is 40.3 Å². The van der Waals surface area contributed by atoms with E-state index in [-0.39, 0.29) is 0 Å². The molecule has 2 N–H and O–H groups in total. The summed E-state index contributed by atoms with van der Waals surface area (Å²) in [5.74, 6) is 1.51. The molecule has 1 aromatic heterocycles. The lowest BCUT2D eigenvalue weighted by Crippen LogP contribution is -2.09. The molecule has 0 aliphatic heterocycles. The number of aromatic nitrogens is 1. The van der Waals surface area contributed by atoms with Crippen LogP contribution in [0, 0.1) is 5.92 Å². The normalized spacial score (nSPS) is 12.2. The van der Waals surface area contributed by atoms with Crippen LogP contribution in [-0.4, -0.2) is 23.6 Å². The molecule has 4 nitrogen and oxygen atoms in total. The van der Waals surface area contributed by atoms with Crippen LogP contribution in [0.2, 0.25) is 0 Å². The average molecular weight is 248 g/mol. The minimum absolute atomic E-state index is 0.401. The molecule has 4 heteroatoms. The lowest BCUT2D eigenvalue weighted by molar-refractivity contribution is 0.880. The summed E-state index contributed by atoms with van der Waals surface area (Å²) < 4.78 is 0. The van der Waals surface area contributed by atoms with Gasteiger partial charge in [0.15, 0.2) is 5.84 Å². The van der Waals surface area contributed by atoms with Gasteiger partial charge in [-0.05, 0) is 25.0 Å². The molecule has 0 bridgehead atoms. The molecule has 0 aliphatic carbocycles. The van der Waals surface area contributed by atoms with Crippen LogP contribution >= 0.6 is 0 Å². The first kappa shape index (κ1) is 16.3. The van der Waals surface area contributed by atoms with E-state index >= 15 is 0 Å². The van der Waals surface area contributed by atoms with Crippen molar-refractivity contribution in [2.75, 3.05) is 12.8 Å². The Balaban J connectivity index is 0.00000137. The fourth-order valence-corrected chi connectivity index (χ4v) is 1.09. The molecule has 0 atom stereocenters. The van der Waals surface area contributed by atoms with Crippen molar-refractivity contribution in [3.8, 4) is 0 Å². The molecule has 1 rings (SSSR count). The smallest absolute Gasteiger partial charge is 0.173 e. The highest BCUT2D eigenvalue weighted by molar-refractivity contribution is 6.05. The van der Waals surface area contributed by atoms with E-state index in [2.05, 4.69) is 28.8 Å². The SMILES string of the molecule is CC.CN=C(N=C(C)C(C)C)c1cccc(N)n1. The van der Waals surface area contributed by atoms with Gasteiger partial charge in [-0.3, -0.25) is 4.99 Å². The molecule has 1 aromatic rings. The van der Waals surface area contributed by atoms with Gasteiger partial charge in [0.1, 0.15) is 11.5 Å². The van der Waals surface area contributed by atoms with Crippen LogP contribution in [0.25, 0.3) is 0 Å². The third kappa shape index (κ3) is 5.08. The largest absolute Gasteiger partial charge is 0.384 e. The van der Waals surface area contributed by atoms with E-state index in [9.17, 15) is 0 Å². The number of hydrogen-bond acceptors (Lipinski definition) is 3. The number of nitrogens with two attached hydrogens (primary N) is 1. The first-order valence-electron chi connectivity index (χ1n) is 6.29. The maximum absolute atomic E-state index is 5.63. The first-order valence-corrected chi connectivity index (χ1v) is 6.29. The van der Waals surface area contributed by atoms with Gasteiger partial charge in [-0.25, -0.2) is 9.98 Å². The van der Waals surface area contributed by atoms with Crippen molar-refractivity contribution in [1.29, 1.82) is 0 Å². The second-order valence-corrected chi connectivity index (χ2v) is 3.90. The Morgan fingerprint density at radius 1 is 1.28 bits per heavy atom. The maximum Gasteiger partial charge on any atom is 0.173 e. The molecule has 1 heterocycles. The molecule has 100 valence electrons. The molecular formula is C14H24N4. The van der Waals surface area contributed by atoms with Crippen LogP contribution in [0.4, 0.5) is 5.82 Å². The number of hydrogen-bond donors (Lipinski definition) is 1. The van der Waals surface area contributed by atoms with E-state index in [0.717, 1.165) is 5.71 Å². The van der Waals surface area contributed by atoms with E-state index in [0.29, 0.717) is 23.3 Å². The van der Waals surface area contributed by atoms with Crippen LogP contribution in [0.5, 0.6) is 0 Å². The highest BCUT2D eigenvalue weighted by Crippen LogP contribution is 2.05. The standard InChI is InChI=1S/C12H18N4.C2H6/c1-8(2)9(3)15-12(14-4)10-6-5-7-11(13)16-10;1-2/h5-8H,1-4H3,(H2,13,16);1-2H3. The summed E-state index contributed by atoms with van der Waals surface area (Å²) in [5, 5.41) is 0. The Morgan fingerprint density at radius 3 is 2.33 bits per heavy atom. The van der Waals surface area contributed by atoms with Crippen molar-refractivity contribution in [1.82, 2.24) is 4.98 Å². The minimum atomic E-state index is 0.401. The Hall–Kier alpha value is -1.71. The van der Waals surface area contributed by atoms with Crippen molar-refractivity contribution < 1.29 is 0 Å². The molecule has 0 unspecified atom stereocenters. The fraction of sp³-hybridized carbons (Fsp3) is 0.500. The lowest BCUT2D eigenvalue weighted by Gasteiger charge is -2.06. The van der Waals surface area contributed by atoms with Gasteiger partial charge in [0.2, 0.25) is 0 Å². The molecule has 0 radical (unpaired) electrons. The second kappa shape index (κ2) is 8.39. The number of aliphatic imine (C=N–C) groups is 2. The summed E-state index contributed by atoms with van der Waals surface area (Å²) in [6.07, 6.45) is 0. The van der Waals surface area contributed by atoms with Crippen LogP contribution < -0.4 is 5.73 Å². The van der Waals surface area contributed by atoms with Gasteiger partial charge in [0, 0.05) is 12.8 Å². The molecule has 0 saturated heterocycles. The molecule has 0 saturated carbocycles. The molecule has 0 fully saturated rings. The number of rotatable bonds is 2. The van der Waals surface area contributed by atoms with Gasteiger partial charge >= 0.3 is 0 Å². The zero-order valence-electron chi connectivity index (χ0n) is 12.2. The molecule has 0 aromatic carbocycles. The third-order valence-corrected chi connectivity index (χ3v) is 2.33. The molecule has 0 aliphatic rings. The lowest BCUT2D eigenvalue weighted by atomic mass is 10.1. The number of amidine groups is 1. The van der Waals surface area contributed by atoms with E-state index in [4.69, 9.17) is 5.73 Å². The van der Waals surface area contributed by atoms with Crippen molar-refractivity contribution in [3.63, 3.8) is 0 Å². The van der Waals surface area contributed by atoms with E-state index in [1.807, 2.05) is 32.9 Å². The van der Waals surface area contributed by atoms with Crippen LogP contribution in [0.3, 0.4) is 0 Å². The summed E-state index contributed by atoms with van der Waals surface area (Å²) in [6.45, 7) is 10.2. The van der Waals surface area contributed by atoms with Crippen molar-refractivity contribution in [3.05, 3.63) is 23.9 Å². The zero-order chi connectivity index (χ0) is 14.1. The number of nitrogens with zero attached hydrogens (tertiary/aromatic N) is 3. The van der Waals surface area contributed by atoms with Gasteiger partial charge in [0.05, 0.1) is 0 Å². The molecular weight excluding hydrogens is 224 g/mol. The zero-order valence-corrected chi connectivity index (χ0v) is 12.2. The summed E-state index contributed by atoms with van der Waals surface area (Å²) in [5.41, 5.74) is 7.37. The van der Waals surface area contributed by atoms with Crippen molar-refractivity contribution >= 4 is 17.4 Å². The van der Waals surface area contributed by atoms with Gasteiger partial charge in [-0.2, -0.15) is 0 Å². The number of nitrogen functional groups attached to an aromatic ring is 1. The van der Waals surface area contributed by atoms with E-state index < -0.39 is 0 Å². The number of anilines is 1. The highest BCUT2D eigenvalue weighted by atomic mass is 15.0. The van der Waals surface area contributed by atoms with Gasteiger partial charge in [-0.1, -0.05) is 33.8 Å². The fourth-order valence-electron chi connectivity index (χ4n) is 1.09. The monoisotopic (exact) mass is 248 g/mol. The summed E-state index contributed by atoms with van der Waals surface area (Å²) >= 11 is 0. The minimum Gasteiger partial charge on any atom is -0.384 e. The van der Waals surface area contributed by atoms with Crippen LogP contribution in [0.15, 0.2) is 28.2 Å². The van der Waals surface area contributed by atoms with Crippen LogP contribution in [-0.2, 0) is 0 Å². The summed E-state index contributed by atoms with van der Waals surface area (Å²) in [4.78, 5) is 12.8. The highest BCUT2D eigenvalue weighted by Gasteiger charge is 2.05. The Morgan fingerprint density at radius 2 is 1.89 bits per heavy atom. The third-order valence-electron chi connectivity index (χ3n) is 2.33. The topological polar surface area (TPSA) is 63.6 Å². The van der Waals surface area contributed by atoms with Gasteiger partial charge in [-0.15, -0.1) is 0 Å². The Kier molecular flexibility index (Phi) is 7.59. The predicted octanol–water partition coefficient (Wildman–Crippen LogP) is 3.18. The second-order valence-electron chi connectivity index (χ2n) is 3.90. The van der Waals surface area contributed by atoms with Crippen molar-refractivity contribution in [2.45, 2.75) is 34.6 Å². The summed E-state index contributed by atoms with van der Waals surface area (Å²) in [6, 6.07) is 5.45. The Bertz CT molecular complexity index is 420. The number of pyridine rings is 1. The average Bonchev–Trinajstić information content (AvgIpc) is 2.37.